The van der Waals surface area contributed by atoms with E-state index in [4.69, 9.17) is 10.8 Å². The minimum atomic E-state index is -0.443. The van der Waals surface area contributed by atoms with Gasteiger partial charge in [-0.2, -0.15) is 0 Å². The third kappa shape index (κ3) is 5.17. The maximum absolute atomic E-state index is 13.8. The van der Waals surface area contributed by atoms with Crippen molar-refractivity contribution in [3.05, 3.63) is 84.1 Å². The van der Waals surface area contributed by atoms with E-state index in [-0.39, 0.29) is 11.4 Å². The zero-order chi connectivity index (χ0) is 23.1. The van der Waals surface area contributed by atoms with Crippen LogP contribution in [0.5, 0.6) is 0 Å². The van der Waals surface area contributed by atoms with Crippen LogP contribution in [-0.4, -0.2) is 33.3 Å². The molecule has 3 rings (SSSR count). The lowest BCUT2D eigenvalue weighted by atomic mass is 10.0. The number of amides is 1. The van der Waals surface area contributed by atoms with Gasteiger partial charge < -0.3 is 21.1 Å². The largest absolute Gasteiger partial charge is 0.338 e. The van der Waals surface area contributed by atoms with Crippen LogP contribution in [0.3, 0.4) is 0 Å². The first-order valence-electron chi connectivity index (χ1n) is 9.60. The van der Waals surface area contributed by atoms with Crippen molar-refractivity contribution in [2.45, 2.75) is 6.92 Å². The van der Waals surface area contributed by atoms with Crippen molar-refractivity contribution >= 4 is 30.2 Å². The number of pyridine rings is 1. The first kappa shape index (κ1) is 22.2. The maximum atomic E-state index is 13.8. The molecule has 8 heteroatoms. The van der Waals surface area contributed by atoms with E-state index in [1.165, 1.54) is 24.3 Å². The first-order valence-corrected chi connectivity index (χ1v) is 9.60. The molecule has 0 radical (unpaired) electrons. The topological polar surface area (TPSA) is 118 Å². The average Bonchev–Trinajstić information content (AvgIpc) is 3.22. The number of nitrogens with one attached hydrogen (secondary N) is 4. The van der Waals surface area contributed by atoms with Crippen LogP contribution in [0.15, 0.2) is 66.9 Å². The number of nitrogens with zero attached hydrogens (tertiary/aromatic N) is 2. The Hall–Kier alpha value is -4.46. The van der Waals surface area contributed by atoms with Crippen molar-refractivity contribution in [1.29, 1.82) is 10.8 Å². The molecule has 7 nitrogen and oxygen atoms in total. The number of aryl methyl sites for hydroxylation is 1. The van der Waals surface area contributed by atoms with Crippen LogP contribution in [0.1, 0.15) is 11.4 Å². The number of carbonyl (C=O) groups excluding carboxylic acids is 1. The number of rotatable bonds is 8. The van der Waals surface area contributed by atoms with Gasteiger partial charge in [0, 0.05) is 35.3 Å². The Kier molecular flexibility index (Phi) is 6.97. The second kappa shape index (κ2) is 10.0. The molecule has 1 amide bonds. The van der Waals surface area contributed by atoms with E-state index >= 15 is 0 Å². The summed E-state index contributed by atoms with van der Waals surface area (Å²) in [7, 11) is 0. The zero-order valence-corrected chi connectivity index (χ0v) is 17.3. The number of allylic oxidation sites excluding steroid dienone is 2. The van der Waals surface area contributed by atoms with Crippen LogP contribution in [0, 0.1) is 23.6 Å². The smallest absolute Gasteiger partial charge is 0.256 e. The minimum Gasteiger partial charge on any atom is -0.338 e. The van der Waals surface area contributed by atoms with Gasteiger partial charge in [-0.3, -0.25) is 4.79 Å². The molecule has 0 unspecified atom stereocenters. The van der Waals surface area contributed by atoms with Crippen LogP contribution in [0.25, 0.3) is 28.6 Å². The van der Waals surface area contributed by atoms with Gasteiger partial charge in [0.25, 0.3) is 5.91 Å². The summed E-state index contributed by atoms with van der Waals surface area (Å²) in [6, 6.07) is 8.19. The number of imidazole rings is 1. The molecule has 0 bridgehead atoms. The summed E-state index contributed by atoms with van der Waals surface area (Å²) in [6.45, 7) is 5.35. The normalized spacial score (nSPS) is 11.1. The Bertz CT molecular complexity index is 1260. The molecule has 2 aromatic heterocycles. The monoisotopic (exact) mass is 428 g/mol. The number of aromatic amines is 1. The van der Waals surface area contributed by atoms with Crippen molar-refractivity contribution in [3.63, 3.8) is 0 Å². The number of benzene rings is 1. The van der Waals surface area contributed by atoms with Crippen LogP contribution < -0.4 is 5.32 Å². The average molecular weight is 428 g/mol. The maximum Gasteiger partial charge on any atom is 0.256 e. The van der Waals surface area contributed by atoms with Gasteiger partial charge in [-0.15, -0.1) is 0 Å². The number of hydrogen-bond donors (Lipinski definition) is 4. The zero-order valence-electron chi connectivity index (χ0n) is 17.3. The number of anilines is 1. The minimum absolute atomic E-state index is 0.184. The van der Waals surface area contributed by atoms with Crippen molar-refractivity contribution in [1.82, 2.24) is 15.0 Å². The molecule has 32 heavy (non-hydrogen) atoms. The van der Waals surface area contributed by atoms with Crippen LogP contribution >= 0.6 is 0 Å². The van der Waals surface area contributed by atoms with Crippen molar-refractivity contribution in [2.75, 3.05) is 5.32 Å². The predicted molar refractivity (Wildman–Crippen MR) is 125 cm³/mol. The highest BCUT2D eigenvalue weighted by Crippen LogP contribution is 2.32. The molecular formula is C24H21FN6O. The highest BCUT2D eigenvalue weighted by atomic mass is 19.1. The molecule has 2 heterocycles. The van der Waals surface area contributed by atoms with Gasteiger partial charge >= 0.3 is 0 Å². The summed E-state index contributed by atoms with van der Waals surface area (Å²) in [5.41, 5.74) is 3.35. The third-order valence-corrected chi connectivity index (χ3v) is 4.48. The molecule has 0 fully saturated rings. The highest BCUT2D eigenvalue weighted by Gasteiger charge is 2.16. The Morgan fingerprint density at radius 3 is 2.66 bits per heavy atom. The van der Waals surface area contributed by atoms with Crippen molar-refractivity contribution in [2.24, 2.45) is 0 Å². The van der Waals surface area contributed by atoms with E-state index in [1.54, 1.807) is 43.5 Å². The molecule has 0 atom stereocenters. The predicted octanol–water partition coefficient (Wildman–Crippen LogP) is 4.95. The lowest BCUT2D eigenvalue weighted by Crippen LogP contribution is -2.13. The van der Waals surface area contributed by atoms with E-state index < -0.39 is 5.91 Å². The van der Waals surface area contributed by atoms with Crippen molar-refractivity contribution < 1.29 is 9.18 Å². The molecular weight excluding hydrogens is 407 g/mol. The molecule has 1 aromatic carbocycles. The molecule has 0 aliphatic carbocycles. The fourth-order valence-corrected chi connectivity index (χ4v) is 2.91. The van der Waals surface area contributed by atoms with E-state index in [1.807, 2.05) is 0 Å². The third-order valence-electron chi connectivity index (χ3n) is 4.48. The number of halogens is 1. The standard InChI is InChI=1S/C24H21FN6O/c1-15(5-3-10-26)24(32)31-21-14-18(9-12-28-21)23-22(29-20(30-23)6-4-11-27)17-7-8-19(25)16(2)13-17/h3-14,26-27H,1H2,2H3,(H,29,30)(H,28,31,32)/b5-3-,6-4-,26-10?,27-11?. The number of aromatic nitrogens is 3. The lowest BCUT2D eigenvalue weighted by Gasteiger charge is -2.08. The summed E-state index contributed by atoms with van der Waals surface area (Å²) in [5.74, 6) is 0.0830. The van der Waals surface area contributed by atoms with E-state index in [2.05, 4.69) is 26.8 Å². The van der Waals surface area contributed by atoms with E-state index in [0.717, 1.165) is 18.0 Å². The van der Waals surface area contributed by atoms with Crippen LogP contribution in [0.4, 0.5) is 10.2 Å². The Balaban J connectivity index is 2.02. The summed E-state index contributed by atoms with van der Waals surface area (Å²) in [4.78, 5) is 24.3. The number of H-pyrrole nitrogens is 1. The second-order valence-corrected chi connectivity index (χ2v) is 6.77. The molecule has 0 aliphatic heterocycles. The first-order chi connectivity index (χ1) is 15.4. The van der Waals surface area contributed by atoms with Gasteiger partial charge in [-0.1, -0.05) is 6.58 Å². The van der Waals surface area contributed by atoms with Gasteiger partial charge in [0.15, 0.2) is 0 Å². The fraction of sp³-hybridized carbons (Fsp3) is 0.0417. The molecule has 160 valence electrons. The number of hydrogen-bond acceptors (Lipinski definition) is 5. The summed E-state index contributed by atoms with van der Waals surface area (Å²) >= 11 is 0. The molecule has 0 saturated carbocycles. The SMILES string of the molecule is C=C(/C=C\C=N)C(=O)Nc1cc(-c2[nH]c(/C=C\C=N)nc2-c2ccc(F)c(C)c2)ccn1. The molecule has 0 saturated heterocycles. The van der Waals surface area contributed by atoms with Crippen molar-refractivity contribution in [3.8, 4) is 22.5 Å². The lowest BCUT2D eigenvalue weighted by molar-refractivity contribution is -0.112. The van der Waals surface area contributed by atoms with E-state index in [0.29, 0.717) is 34.2 Å². The van der Waals surface area contributed by atoms with Gasteiger partial charge in [0.05, 0.1) is 11.4 Å². The molecule has 3 aromatic rings. The van der Waals surface area contributed by atoms with Gasteiger partial charge in [0.1, 0.15) is 17.5 Å². The Morgan fingerprint density at radius 1 is 1.16 bits per heavy atom. The number of carbonyl (C=O) groups is 1. The van der Waals surface area contributed by atoms with Crippen LogP contribution in [-0.2, 0) is 4.79 Å². The van der Waals surface area contributed by atoms with Gasteiger partial charge in [-0.25, -0.2) is 14.4 Å². The molecule has 0 spiro atoms. The fourth-order valence-electron chi connectivity index (χ4n) is 2.91. The second-order valence-electron chi connectivity index (χ2n) is 6.77. The highest BCUT2D eigenvalue weighted by molar-refractivity contribution is 6.05. The molecule has 4 N–H and O–H groups in total. The summed E-state index contributed by atoms with van der Waals surface area (Å²) in [6.07, 6.45) is 9.76. The summed E-state index contributed by atoms with van der Waals surface area (Å²) < 4.78 is 13.8. The van der Waals surface area contributed by atoms with Gasteiger partial charge in [0.2, 0.25) is 0 Å². The quantitative estimate of drug-likeness (QED) is 0.231. The van der Waals surface area contributed by atoms with E-state index in [9.17, 15) is 9.18 Å². The summed E-state index contributed by atoms with van der Waals surface area (Å²) in [5, 5.41) is 16.9. The van der Waals surface area contributed by atoms with Gasteiger partial charge in [-0.05, 0) is 67.1 Å². The Labute approximate surface area is 184 Å². The van der Waals surface area contributed by atoms with Crippen LogP contribution in [0.2, 0.25) is 0 Å². The Morgan fingerprint density at radius 2 is 1.94 bits per heavy atom. The molecule has 0 aliphatic rings.